The summed E-state index contributed by atoms with van der Waals surface area (Å²) in [5.74, 6) is 1.90. The summed E-state index contributed by atoms with van der Waals surface area (Å²) in [5, 5.41) is 3.58. The van der Waals surface area contributed by atoms with Crippen LogP contribution in [-0.4, -0.2) is 25.3 Å². The fraction of sp³-hybridized carbons (Fsp3) is 1.00. The Labute approximate surface area is 68.3 Å². The highest BCUT2D eigenvalue weighted by molar-refractivity contribution is 4.92. The van der Waals surface area contributed by atoms with Gasteiger partial charge in [0.2, 0.25) is 0 Å². The lowest BCUT2D eigenvalue weighted by molar-refractivity contribution is -0.0103. The molecule has 0 aromatic rings. The van der Waals surface area contributed by atoms with E-state index in [9.17, 15) is 0 Å². The summed E-state index contributed by atoms with van der Waals surface area (Å²) in [6, 6.07) is 1.36. The van der Waals surface area contributed by atoms with Crippen molar-refractivity contribution in [2.75, 3.05) is 13.2 Å². The minimum Gasteiger partial charge on any atom is -0.378 e. The lowest BCUT2D eigenvalue weighted by Crippen LogP contribution is -2.50. The van der Waals surface area contributed by atoms with Gasteiger partial charge in [0.05, 0.1) is 19.3 Å². The highest BCUT2D eigenvalue weighted by Gasteiger charge is 2.38. The van der Waals surface area contributed by atoms with Crippen molar-refractivity contribution in [3.63, 3.8) is 0 Å². The lowest BCUT2D eigenvalue weighted by atomic mass is 10.1. The van der Waals surface area contributed by atoms with Crippen molar-refractivity contribution in [2.45, 2.75) is 32.4 Å². The van der Waals surface area contributed by atoms with Gasteiger partial charge >= 0.3 is 0 Å². The van der Waals surface area contributed by atoms with Gasteiger partial charge in [-0.05, 0) is 25.2 Å². The standard InChI is InChI=1S/C9H17NO/c1-6-3-9(6)7(2)10-8-4-11-5-8/h6-10H,3-5H2,1-2H3. The SMILES string of the molecule is CC1CC1C(C)NC1COC1. The van der Waals surface area contributed by atoms with E-state index in [4.69, 9.17) is 4.74 Å². The first-order valence-electron chi connectivity index (χ1n) is 4.61. The Morgan fingerprint density at radius 3 is 2.45 bits per heavy atom. The summed E-state index contributed by atoms with van der Waals surface area (Å²) in [5.41, 5.74) is 0. The average Bonchev–Trinajstić information content (AvgIpc) is 2.57. The monoisotopic (exact) mass is 155 g/mol. The van der Waals surface area contributed by atoms with Crippen LogP contribution in [0.25, 0.3) is 0 Å². The zero-order chi connectivity index (χ0) is 7.84. The van der Waals surface area contributed by atoms with Crippen molar-refractivity contribution in [1.82, 2.24) is 5.32 Å². The molecule has 2 fully saturated rings. The smallest absolute Gasteiger partial charge is 0.0643 e. The zero-order valence-electron chi connectivity index (χ0n) is 7.34. The molecule has 0 bridgehead atoms. The second kappa shape index (κ2) is 2.76. The Morgan fingerprint density at radius 1 is 1.45 bits per heavy atom. The van der Waals surface area contributed by atoms with Gasteiger partial charge in [-0.2, -0.15) is 0 Å². The highest BCUT2D eigenvalue weighted by atomic mass is 16.5. The molecule has 0 aromatic carbocycles. The molecule has 2 aliphatic rings. The van der Waals surface area contributed by atoms with Gasteiger partial charge in [-0.3, -0.25) is 0 Å². The highest BCUT2D eigenvalue weighted by Crippen LogP contribution is 2.40. The first-order chi connectivity index (χ1) is 5.27. The molecular formula is C9H17NO. The Kier molecular flexibility index (Phi) is 1.90. The van der Waals surface area contributed by atoms with E-state index in [-0.39, 0.29) is 0 Å². The second-order valence-electron chi connectivity index (χ2n) is 4.07. The van der Waals surface area contributed by atoms with E-state index in [1.165, 1.54) is 6.42 Å². The molecule has 1 N–H and O–H groups in total. The van der Waals surface area contributed by atoms with Crippen LogP contribution < -0.4 is 5.32 Å². The lowest BCUT2D eigenvalue weighted by Gasteiger charge is -2.30. The van der Waals surface area contributed by atoms with Crippen LogP contribution in [-0.2, 0) is 4.74 Å². The maximum absolute atomic E-state index is 5.10. The molecule has 2 heteroatoms. The maximum atomic E-state index is 5.10. The van der Waals surface area contributed by atoms with Gasteiger partial charge in [0, 0.05) is 6.04 Å². The fourth-order valence-electron chi connectivity index (χ4n) is 1.87. The van der Waals surface area contributed by atoms with E-state index in [2.05, 4.69) is 19.2 Å². The van der Waals surface area contributed by atoms with Gasteiger partial charge in [0.1, 0.15) is 0 Å². The second-order valence-corrected chi connectivity index (χ2v) is 4.07. The molecule has 0 spiro atoms. The Bertz CT molecular complexity index is 144. The quantitative estimate of drug-likeness (QED) is 0.657. The van der Waals surface area contributed by atoms with Crippen LogP contribution in [0.3, 0.4) is 0 Å². The van der Waals surface area contributed by atoms with Crippen LogP contribution >= 0.6 is 0 Å². The van der Waals surface area contributed by atoms with Crippen molar-refractivity contribution in [3.8, 4) is 0 Å². The summed E-state index contributed by atoms with van der Waals surface area (Å²) in [6.45, 7) is 6.48. The molecule has 1 heterocycles. The van der Waals surface area contributed by atoms with Crippen molar-refractivity contribution >= 4 is 0 Å². The first-order valence-corrected chi connectivity index (χ1v) is 4.61. The third-order valence-corrected chi connectivity index (χ3v) is 2.95. The predicted octanol–water partition coefficient (Wildman–Crippen LogP) is 1.02. The van der Waals surface area contributed by atoms with E-state index in [1.54, 1.807) is 0 Å². The molecule has 0 radical (unpaired) electrons. The molecule has 11 heavy (non-hydrogen) atoms. The zero-order valence-corrected chi connectivity index (χ0v) is 7.34. The minimum atomic E-state index is 0.651. The summed E-state index contributed by atoms with van der Waals surface area (Å²) < 4.78 is 5.10. The van der Waals surface area contributed by atoms with Gasteiger partial charge in [-0.25, -0.2) is 0 Å². The van der Waals surface area contributed by atoms with Gasteiger partial charge in [-0.1, -0.05) is 6.92 Å². The van der Waals surface area contributed by atoms with Gasteiger partial charge < -0.3 is 10.1 Å². The molecule has 1 saturated carbocycles. The molecule has 0 amide bonds. The van der Waals surface area contributed by atoms with Gasteiger partial charge in [0.15, 0.2) is 0 Å². The topological polar surface area (TPSA) is 21.3 Å². The summed E-state index contributed by atoms with van der Waals surface area (Å²) in [7, 11) is 0. The number of hydrogen-bond donors (Lipinski definition) is 1. The molecule has 0 aromatic heterocycles. The molecule has 1 aliphatic carbocycles. The van der Waals surface area contributed by atoms with E-state index in [0.717, 1.165) is 25.0 Å². The maximum Gasteiger partial charge on any atom is 0.0643 e. The van der Waals surface area contributed by atoms with Crippen molar-refractivity contribution in [2.24, 2.45) is 11.8 Å². The Balaban J connectivity index is 1.68. The molecule has 3 atom stereocenters. The van der Waals surface area contributed by atoms with E-state index < -0.39 is 0 Å². The normalized spacial score (nSPS) is 39.8. The van der Waals surface area contributed by atoms with Gasteiger partial charge in [-0.15, -0.1) is 0 Å². The van der Waals surface area contributed by atoms with Crippen LogP contribution in [0.15, 0.2) is 0 Å². The van der Waals surface area contributed by atoms with Crippen LogP contribution in [0.4, 0.5) is 0 Å². The Hall–Kier alpha value is -0.0800. The van der Waals surface area contributed by atoms with Crippen LogP contribution in [0.5, 0.6) is 0 Å². The molecule has 2 nitrogen and oxygen atoms in total. The summed E-state index contributed by atoms with van der Waals surface area (Å²) >= 11 is 0. The number of ether oxygens (including phenoxy) is 1. The average molecular weight is 155 g/mol. The van der Waals surface area contributed by atoms with E-state index in [1.807, 2.05) is 0 Å². The predicted molar refractivity (Wildman–Crippen MR) is 44.5 cm³/mol. The van der Waals surface area contributed by atoms with Crippen LogP contribution in [0.2, 0.25) is 0 Å². The van der Waals surface area contributed by atoms with Crippen LogP contribution in [0, 0.1) is 11.8 Å². The van der Waals surface area contributed by atoms with Crippen molar-refractivity contribution < 1.29 is 4.74 Å². The molecule has 64 valence electrons. The molecule has 1 saturated heterocycles. The van der Waals surface area contributed by atoms with E-state index in [0.29, 0.717) is 12.1 Å². The third kappa shape index (κ3) is 1.57. The molecular weight excluding hydrogens is 138 g/mol. The van der Waals surface area contributed by atoms with Gasteiger partial charge in [0.25, 0.3) is 0 Å². The van der Waals surface area contributed by atoms with E-state index >= 15 is 0 Å². The van der Waals surface area contributed by atoms with Crippen molar-refractivity contribution in [1.29, 1.82) is 0 Å². The first kappa shape index (κ1) is 7.56. The number of rotatable bonds is 3. The fourth-order valence-corrected chi connectivity index (χ4v) is 1.87. The Morgan fingerprint density at radius 2 is 2.09 bits per heavy atom. The molecule has 1 aliphatic heterocycles. The molecule has 3 unspecified atom stereocenters. The number of nitrogens with one attached hydrogen (secondary N) is 1. The van der Waals surface area contributed by atoms with Crippen LogP contribution in [0.1, 0.15) is 20.3 Å². The summed E-state index contributed by atoms with van der Waals surface area (Å²) in [4.78, 5) is 0. The summed E-state index contributed by atoms with van der Waals surface area (Å²) in [6.07, 6.45) is 1.42. The third-order valence-electron chi connectivity index (χ3n) is 2.95. The van der Waals surface area contributed by atoms with Crippen molar-refractivity contribution in [3.05, 3.63) is 0 Å². The minimum absolute atomic E-state index is 0.651. The largest absolute Gasteiger partial charge is 0.378 e. The number of hydrogen-bond acceptors (Lipinski definition) is 2. The molecule has 2 rings (SSSR count).